The van der Waals surface area contributed by atoms with Gasteiger partial charge in [-0.15, -0.1) is 0 Å². The van der Waals surface area contributed by atoms with Crippen molar-refractivity contribution in [3.8, 4) is 5.75 Å². The van der Waals surface area contributed by atoms with Crippen LogP contribution in [0.3, 0.4) is 0 Å². The molecule has 0 amide bonds. The molecule has 0 aliphatic heterocycles. The topological polar surface area (TPSA) is 26.3 Å². The summed E-state index contributed by atoms with van der Waals surface area (Å²) in [6.45, 7) is 6.89. The molecule has 0 spiro atoms. The monoisotopic (exact) mass is 284 g/mol. The van der Waals surface area contributed by atoms with Crippen molar-refractivity contribution in [3.63, 3.8) is 0 Å². The van der Waals surface area contributed by atoms with Gasteiger partial charge in [-0.2, -0.15) is 0 Å². The minimum Gasteiger partial charge on any atom is -0.496 e. The predicted molar refractivity (Wildman–Crippen MR) is 83.3 cm³/mol. The van der Waals surface area contributed by atoms with Crippen LogP contribution in [0.1, 0.15) is 71.6 Å². The van der Waals surface area contributed by atoms with E-state index in [2.05, 4.69) is 20.8 Å². The molecular formula is C19H24O2. The summed E-state index contributed by atoms with van der Waals surface area (Å²) in [6, 6.07) is 0. The molecule has 112 valence electrons. The lowest BCUT2D eigenvalue weighted by molar-refractivity contribution is 0.0977. The summed E-state index contributed by atoms with van der Waals surface area (Å²) in [4.78, 5) is 12.8. The number of Topliss-reactive ketones (excluding diaryl/α,β-unsaturated/α-hetero) is 1. The molecule has 4 rings (SSSR count). The van der Waals surface area contributed by atoms with Gasteiger partial charge in [-0.05, 0) is 72.1 Å². The van der Waals surface area contributed by atoms with E-state index in [4.69, 9.17) is 4.74 Å². The average molecular weight is 284 g/mol. The molecule has 0 saturated heterocycles. The van der Waals surface area contributed by atoms with Crippen molar-refractivity contribution in [2.24, 2.45) is 11.3 Å². The number of rotatable bonds is 1. The highest BCUT2D eigenvalue weighted by molar-refractivity contribution is 6.01. The minimum atomic E-state index is 0.345. The van der Waals surface area contributed by atoms with Gasteiger partial charge >= 0.3 is 0 Å². The van der Waals surface area contributed by atoms with Gasteiger partial charge in [0.05, 0.1) is 7.11 Å². The maximum atomic E-state index is 12.8. The Bertz CT molecular complexity index is 654. The number of carbonyl (C=O) groups is 1. The zero-order chi connectivity index (χ0) is 14.9. The van der Waals surface area contributed by atoms with Gasteiger partial charge in [-0.3, -0.25) is 4.79 Å². The van der Waals surface area contributed by atoms with Crippen molar-refractivity contribution in [2.45, 2.75) is 58.8 Å². The van der Waals surface area contributed by atoms with Crippen molar-refractivity contribution >= 4 is 5.78 Å². The van der Waals surface area contributed by atoms with E-state index in [1.54, 1.807) is 7.11 Å². The Balaban J connectivity index is 2.04. The van der Waals surface area contributed by atoms with Crippen LogP contribution in [0.5, 0.6) is 5.75 Å². The first-order chi connectivity index (χ1) is 9.98. The molecule has 2 atom stereocenters. The van der Waals surface area contributed by atoms with Crippen LogP contribution in [0.25, 0.3) is 0 Å². The molecule has 3 aliphatic rings. The minimum absolute atomic E-state index is 0.345. The Labute approximate surface area is 126 Å². The smallest absolute Gasteiger partial charge is 0.163 e. The first kappa shape index (κ1) is 13.4. The second kappa shape index (κ2) is 4.12. The molecule has 2 heteroatoms. The predicted octanol–water partition coefficient (Wildman–Crippen LogP) is 4.21. The zero-order valence-corrected chi connectivity index (χ0v) is 13.5. The Morgan fingerprint density at radius 2 is 1.86 bits per heavy atom. The summed E-state index contributed by atoms with van der Waals surface area (Å²) in [5, 5.41) is 0. The molecule has 0 N–H and O–H groups in total. The lowest BCUT2D eigenvalue weighted by atomic mass is 9.85. The van der Waals surface area contributed by atoms with Gasteiger partial charge in [0.1, 0.15) is 5.75 Å². The van der Waals surface area contributed by atoms with Crippen molar-refractivity contribution in [1.29, 1.82) is 0 Å². The van der Waals surface area contributed by atoms with Gasteiger partial charge in [-0.1, -0.05) is 13.8 Å². The van der Waals surface area contributed by atoms with E-state index in [0.717, 1.165) is 43.4 Å². The maximum absolute atomic E-state index is 12.8. The van der Waals surface area contributed by atoms with E-state index in [-0.39, 0.29) is 0 Å². The quantitative estimate of drug-likeness (QED) is 0.772. The van der Waals surface area contributed by atoms with E-state index >= 15 is 0 Å². The molecule has 0 aromatic heterocycles. The first-order valence-corrected chi connectivity index (χ1v) is 8.23. The largest absolute Gasteiger partial charge is 0.496 e. The highest BCUT2D eigenvalue weighted by Gasteiger charge is 2.60. The Kier molecular flexibility index (Phi) is 2.62. The number of methoxy groups -OCH3 is 1. The second-order valence-electron chi connectivity index (χ2n) is 7.62. The number of benzene rings is 1. The molecule has 1 aromatic carbocycles. The van der Waals surface area contributed by atoms with Gasteiger partial charge in [0.15, 0.2) is 5.78 Å². The van der Waals surface area contributed by atoms with E-state index < -0.39 is 0 Å². The first-order valence-electron chi connectivity index (χ1n) is 8.23. The molecule has 21 heavy (non-hydrogen) atoms. The lowest BCUT2D eigenvalue weighted by Crippen LogP contribution is -2.12. The fourth-order valence-corrected chi connectivity index (χ4v) is 5.22. The molecule has 3 aliphatic carbocycles. The summed E-state index contributed by atoms with van der Waals surface area (Å²) in [6.07, 6.45) is 5.07. The number of ketones is 1. The molecule has 0 heterocycles. The van der Waals surface area contributed by atoms with Crippen LogP contribution >= 0.6 is 0 Å². The van der Waals surface area contributed by atoms with Crippen molar-refractivity contribution in [1.82, 2.24) is 0 Å². The number of ether oxygens (including phenoxy) is 1. The van der Waals surface area contributed by atoms with Gasteiger partial charge < -0.3 is 4.74 Å². The summed E-state index contributed by atoms with van der Waals surface area (Å²) in [5.74, 6) is 2.68. The van der Waals surface area contributed by atoms with Crippen molar-refractivity contribution < 1.29 is 9.53 Å². The Hall–Kier alpha value is -1.31. The van der Waals surface area contributed by atoms with Crippen LogP contribution in [-0.2, 0) is 12.8 Å². The highest BCUT2D eigenvalue weighted by atomic mass is 16.5. The normalized spacial score (nSPS) is 28.5. The molecule has 1 saturated carbocycles. The van der Waals surface area contributed by atoms with Crippen LogP contribution in [0.4, 0.5) is 0 Å². The molecule has 1 aromatic rings. The van der Waals surface area contributed by atoms with Crippen LogP contribution < -0.4 is 4.74 Å². The molecule has 0 unspecified atom stereocenters. The van der Waals surface area contributed by atoms with Crippen LogP contribution in [-0.4, -0.2) is 12.9 Å². The Morgan fingerprint density at radius 3 is 2.57 bits per heavy atom. The van der Waals surface area contributed by atoms with Gasteiger partial charge in [-0.25, -0.2) is 0 Å². The van der Waals surface area contributed by atoms with E-state index in [0.29, 0.717) is 23.0 Å². The zero-order valence-electron chi connectivity index (χ0n) is 13.5. The van der Waals surface area contributed by atoms with Crippen LogP contribution in [0.2, 0.25) is 0 Å². The number of hydrogen-bond acceptors (Lipinski definition) is 2. The van der Waals surface area contributed by atoms with Crippen molar-refractivity contribution in [2.75, 3.05) is 7.11 Å². The SMILES string of the molecule is COc1c(C)c2c(c3c1CCC3)C(=O)CC[C@H]1[C@@H]2C1(C)C. The van der Waals surface area contributed by atoms with E-state index in [9.17, 15) is 4.79 Å². The lowest BCUT2D eigenvalue weighted by Gasteiger charge is -2.21. The third kappa shape index (κ3) is 1.56. The Morgan fingerprint density at radius 1 is 1.14 bits per heavy atom. The summed E-state index contributed by atoms with van der Waals surface area (Å²) in [7, 11) is 1.78. The molecular weight excluding hydrogens is 260 g/mol. The summed E-state index contributed by atoms with van der Waals surface area (Å²) >= 11 is 0. The molecule has 1 fully saturated rings. The average Bonchev–Trinajstić information content (AvgIpc) is 2.78. The van der Waals surface area contributed by atoms with Crippen molar-refractivity contribution in [3.05, 3.63) is 27.8 Å². The van der Waals surface area contributed by atoms with E-state index in [1.165, 1.54) is 22.3 Å². The van der Waals surface area contributed by atoms with Gasteiger partial charge in [0, 0.05) is 12.0 Å². The molecule has 0 radical (unpaired) electrons. The van der Waals surface area contributed by atoms with E-state index in [1.807, 2.05) is 0 Å². The number of hydrogen-bond donors (Lipinski definition) is 0. The maximum Gasteiger partial charge on any atom is 0.163 e. The van der Waals surface area contributed by atoms with Gasteiger partial charge in [0.2, 0.25) is 0 Å². The fraction of sp³-hybridized carbons (Fsp3) is 0.632. The summed E-state index contributed by atoms with van der Waals surface area (Å²) < 4.78 is 5.75. The molecule has 0 bridgehead atoms. The van der Waals surface area contributed by atoms with Crippen LogP contribution in [0.15, 0.2) is 0 Å². The van der Waals surface area contributed by atoms with Gasteiger partial charge in [0.25, 0.3) is 0 Å². The van der Waals surface area contributed by atoms with Crippen LogP contribution in [0, 0.1) is 18.3 Å². The fourth-order valence-electron chi connectivity index (χ4n) is 5.22. The number of carbonyl (C=O) groups excluding carboxylic acids is 1. The molecule has 2 nitrogen and oxygen atoms in total. The summed E-state index contributed by atoms with van der Waals surface area (Å²) in [5.41, 5.74) is 6.66. The third-order valence-electron chi connectivity index (χ3n) is 6.33. The second-order valence-corrected chi connectivity index (χ2v) is 7.62. The standard InChI is InChI=1S/C19H24O2/c1-10-15-16(11-6-5-7-12(11)18(10)21-4)14(20)9-8-13-17(15)19(13,2)3/h13,17H,5-9H2,1-4H3/t13-,17-/m0/s1. The third-order valence-corrected chi connectivity index (χ3v) is 6.33. The highest BCUT2D eigenvalue weighted by Crippen LogP contribution is 2.69. The number of fused-ring (bicyclic) bond motifs is 5.